The molecule has 2 aromatic rings. The lowest BCUT2D eigenvalue weighted by molar-refractivity contribution is -0.127. The fourth-order valence-electron chi connectivity index (χ4n) is 3.32. The summed E-state index contributed by atoms with van der Waals surface area (Å²) in [5.74, 6) is 0.491. The number of benzene rings is 2. The molecule has 0 saturated carbocycles. The smallest absolute Gasteiger partial charge is 0.246 e. The van der Waals surface area contributed by atoms with Crippen LogP contribution in [-0.2, 0) is 14.8 Å². The largest absolute Gasteiger partial charge is 0.496 e. The van der Waals surface area contributed by atoms with Crippen molar-refractivity contribution >= 4 is 22.0 Å². The number of amides is 1. The van der Waals surface area contributed by atoms with Gasteiger partial charge in [-0.05, 0) is 37.3 Å². The first kappa shape index (κ1) is 21.6. The molecule has 0 atom stereocenters. The molecule has 1 aliphatic heterocycles. The molecule has 1 saturated heterocycles. The second kappa shape index (κ2) is 9.11. The van der Waals surface area contributed by atoms with Gasteiger partial charge in [-0.25, -0.2) is 8.42 Å². The zero-order valence-corrected chi connectivity index (χ0v) is 17.7. The molecule has 3 rings (SSSR count). The minimum Gasteiger partial charge on any atom is -0.496 e. The SMILES string of the molecule is COc1ccc(C)cc1/C=C\C(=O)N1CCN(S(=O)(=O)c2ccccc2C#N)CC1. The average molecular weight is 426 g/mol. The predicted molar refractivity (Wildman–Crippen MR) is 113 cm³/mol. The topological polar surface area (TPSA) is 90.7 Å². The van der Waals surface area contributed by atoms with Crippen LogP contribution in [0.1, 0.15) is 16.7 Å². The van der Waals surface area contributed by atoms with Gasteiger partial charge in [0.05, 0.1) is 17.6 Å². The number of ether oxygens (including phenoxy) is 1. The van der Waals surface area contributed by atoms with Crippen LogP contribution < -0.4 is 4.74 Å². The Morgan fingerprint density at radius 1 is 1.13 bits per heavy atom. The van der Waals surface area contributed by atoms with Gasteiger partial charge in [0.1, 0.15) is 11.8 Å². The second-order valence-corrected chi connectivity index (χ2v) is 8.82. The van der Waals surface area contributed by atoms with E-state index in [1.165, 1.54) is 22.5 Å². The summed E-state index contributed by atoms with van der Waals surface area (Å²) in [4.78, 5) is 14.2. The molecule has 0 bridgehead atoms. The maximum atomic E-state index is 12.9. The van der Waals surface area contributed by atoms with Gasteiger partial charge in [-0.15, -0.1) is 0 Å². The van der Waals surface area contributed by atoms with Gasteiger partial charge < -0.3 is 9.64 Å². The fraction of sp³-hybridized carbons (Fsp3) is 0.273. The summed E-state index contributed by atoms with van der Waals surface area (Å²) in [5.41, 5.74) is 1.98. The van der Waals surface area contributed by atoms with E-state index in [1.807, 2.05) is 31.2 Å². The Kier molecular flexibility index (Phi) is 6.55. The number of hydrogen-bond acceptors (Lipinski definition) is 5. The Bertz CT molecular complexity index is 1110. The summed E-state index contributed by atoms with van der Waals surface area (Å²) in [6, 6.07) is 13.8. The van der Waals surface area contributed by atoms with E-state index in [4.69, 9.17) is 4.74 Å². The van der Waals surface area contributed by atoms with Crippen molar-refractivity contribution in [2.75, 3.05) is 33.3 Å². The van der Waals surface area contributed by atoms with Gasteiger partial charge in [-0.3, -0.25) is 4.79 Å². The predicted octanol–water partition coefficient (Wildman–Crippen LogP) is 2.42. The summed E-state index contributed by atoms with van der Waals surface area (Å²) in [5, 5.41) is 9.20. The van der Waals surface area contributed by atoms with Gasteiger partial charge >= 0.3 is 0 Å². The van der Waals surface area contributed by atoms with Crippen LogP contribution in [0.2, 0.25) is 0 Å². The van der Waals surface area contributed by atoms with Crippen molar-refractivity contribution in [3.63, 3.8) is 0 Å². The molecule has 1 amide bonds. The molecule has 0 aliphatic carbocycles. The van der Waals surface area contributed by atoms with Gasteiger partial charge in [-0.1, -0.05) is 23.8 Å². The van der Waals surface area contributed by atoms with E-state index in [0.717, 1.165) is 11.1 Å². The van der Waals surface area contributed by atoms with E-state index in [9.17, 15) is 18.5 Å². The molecule has 1 heterocycles. The first-order chi connectivity index (χ1) is 14.4. The summed E-state index contributed by atoms with van der Waals surface area (Å²) in [6.07, 6.45) is 3.19. The van der Waals surface area contributed by atoms with Crippen molar-refractivity contribution in [3.05, 3.63) is 65.2 Å². The maximum Gasteiger partial charge on any atom is 0.246 e. The third kappa shape index (κ3) is 4.53. The monoisotopic (exact) mass is 425 g/mol. The van der Waals surface area contributed by atoms with Crippen molar-refractivity contribution in [2.45, 2.75) is 11.8 Å². The van der Waals surface area contributed by atoms with Gasteiger partial charge in [0.2, 0.25) is 15.9 Å². The van der Waals surface area contributed by atoms with E-state index in [-0.39, 0.29) is 42.5 Å². The fourth-order valence-corrected chi connectivity index (χ4v) is 4.89. The molecule has 0 N–H and O–H groups in total. The van der Waals surface area contributed by atoms with Crippen molar-refractivity contribution in [3.8, 4) is 11.8 Å². The third-order valence-corrected chi connectivity index (χ3v) is 6.92. The molecule has 0 unspecified atom stereocenters. The second-order valence-electron chi connectivity index (χ2n) is 6.92. The molecule has 7 nitrogen and oxygen atoms in total. The number of hydrogen-bond donors (Lipinski definition) is 0. The maximum absolute atomic E-state index is 12.9. The van der Waals surface area contributed by atoms with Crippen molar-refractivity contribution in [1.82, 2.24) is 9.21 Å². The van der Waals surface area contributed by atoms with Crippen molar-refractivity contribution in [2.24, 2.45) is 0 Å². The van der Waals surface area contributed by atoms with Crippen LogP contribution in [0.5, 0.6) is 5.75 Å². The number of rotatable bonds is 5. The third-order valence-electron chi connectivity index (χ3n) is 4.97. The quantitative estimate of drug-likeness (QED) is 0.686. The molecule has 0 radical (unpaired) electrons. The molecule has 0 spiro atoms. The van der Waals surface area contributed by atoms with Crippen molar-refractivity contribution < 1.29 is 17.9 Å². The van der Waals surface area contributed by atoms with E-state index >= 15 is 0 Å². The Labute approximate surface area is 176 Å². The number of nitriles is 1. The summed E-state index contributed by atoms with van der Waals surface area (Å²) >= 11 is 0. The standard InChI is InChI=1S/C22H23N3O4S/c1-17-7-9-20(29-2)18(15-17)8-10-22(26)24-11-13-25(14-12-24)30(27,28)21-6-4-3-5-19(21)16-23/h3-10,15H,11-14H2,1-2H3/b10-8-. The van der Waals surface area contributed by atoms with Gasteiger partial charge in [-0.2, -0.15) is 9.57 Å². The minimum atomic E-state index is -3.78. The summed E-state index contributed by atoms with van der Waals surface area (Å²) in [7, 11) is -2.21. The number of aryl methyl sites for hydroxylation is 1. The summed E-state index contributed by atoms with van der Waals surface area (Å²) in [6.45, 7) is 2.87. The highest BCUT2D eigenvalue weighted by molar-refractivity contribution is 7.89. The lowest BCUT2D eigenvalue weighted by atomic mass is 10.1. The van der Waals surface area contributed by atoms with Crippen LogP contribution in [0.25, 0.3) is 6.08 Å². The van der Waals surface area contributed by atoms with Crippen LogP contribution >= 0.6 is 0 Å². The molecular weight excluding hydrogens is 402 g/mol. The van der Waals surface area contributed by atoms with Crippen LogP contribution in [0, 0.1) is 18.3 Å². The first-order valence-electron chi connectivity index (χ1n) is 9.47. The van der Waals surface area contributed by atoms with E-state index < -0.39 is 10.0 Å². The van der Waals surface area contributed by atoms with Crippen LogP contribution in [0.4, 0.5) is 0 Å². The lowest BCUT2D eigenvalue weighted by Crippen LogP contribution is -2.50. The van der Waals surface area contributed by atoms with Crippen LogP contribution in [-0.4, -0.2) is 56.8 Å². The van der Waals surface area contributed by atoms with Crippen LogP contribution in [0.15, 0.2) is 53.4 Å². The minimum absolute atomic E-state index is 0.00119. The number of carbonyl (C=O) groups is 1. The lowest BCUT2D eigenvalue weighted by Gasteiger charge is -2.33. The van der Waals surface area contributed by atoms with E-state index in [2.05, 4.69) is 0 Å². The van der Waals surface area contributed by atoms with Crippen LogP contribution in [0.3, 0.4) is 0 Å². The highest BCUT2D eigenvalue weighted by atomic mass is 32.2. The molecule has 156 valence electrons. The van der Waals surface area contributed by atoms with E-state index in [1.54, 1.807) is 30.2 Å². The average Bonchev–Trinajstić information content (AvgIpc) is 2.77. The molecule has 1 fully saturated rings. The summed E-state index contributed by atoms with van der Waals surface area (Å²) < 4.78 is 32.4. The van der Waals surface area contributed by atoms with Gasteiger partial charge in [0.25, 0.3) is 0 Å². The molecule has 2 aromatic carbocycles. The molecule has 1 aliphatic rings. The highest BCUT2D eigenvalue weighted by Crippen LogP contribution is 2.22. The number of sulfonamides is 1. The van der Waals surface area contributed by atoms with E-state index in [0.29, 0.717) is 5.75 Å². The Hall–Kier alpha value is -3.15. The number of methoxy groups -OCH3 is 1. The Balaban J connectivity index is 1.68. The zero-order valence-electron chi connectivity index (χ0n) is 16.9. The van der Waals surface area contributed by atoms with Crippen molar-refractivity contribution in [1.29, 1.82) is 5.26 Å². The van der Waals surface area contributed by atoms with Gasteiger partial charge in [0, 0.05) is 37.8 Å². The molecule has 8 heteroatoms. The number of nitrogens with zero attached hydrogens (tertiary/aromatic N) is 3. The highest BCUT2D eigenvalue weighted by Gasteiger charge is 2.31. The zero-order chi connectivity index (χ0) is 21.7. The first-order valence-corrected chi connectivity index (χ1v) is 10.9. The number of piperazine rings is 1. The molecular formula is C22H23N3O4S. The van der Waals surface area contributed by atoms with Gasteiger partial charge in [0.15, 0.2) is 0 Å². The Morgan fingerprint density at radius 3 is 2.50 bits per heavy atom. The molecule has 0 aromatic heterocycles. The Morgan fingerprint density at radius 2 is 1.83 bits per heavy atom. The number of carbonyl (C=O) groups excluding carboxylic acids is 1. The normalized spacial score (nSPS) is 15.2. The molecule has 30 heavy (non-hydrogen) atoms.